The SMILES string of the molecule is Cc1cc(OC2CCN(C(=O)C=Cc3ccc4c(c3)OCO4)CC2)nc(C)n1. The van der Waals surface area contributed by atoms with Gasteiger partial charge in [0.05, 0.1) is 0 Å². The Morgan fingerprint density at radius 1 is 1.14 bits per heavy atom. The molecule has 2 aliphatic heterocycles. The Hall–Kier alpha value is -3.09. The Kier molecular flexibility index (Phi) is 5.14. The van der Waals surface area contributed by atoms with Gasteiger partial charge in [-0.3, -0.25) is 4.79 Å². The first-order valence-electron chi connectivity index (χ1n) is 9.42. The van der Waals surface area contributed by atoms with Gasteiger partial charge in [-0.25, -0.2) is 4.98 Å². The number of piperidine rings is 1. The van der Waals surface area contributed by atoms with Crippen LogP contribution in [0.3, 0.4) is 0 Å². The summed E-state index contributed by atoms with van der Waals surface area (Å²) in [5, 5.41) is 0. The van der Waals surface area contributed by atoms with Gasteiger partial charge in [0.15, 0.2) is 11.5 Å². The highest BCUT2D eigenvalue weighted by atomic mass is 16.7. The van der Waals surface area contributed by atoms with E-state index in [1.807, 2.05) is 43.0 Å². The summed E-state index contributed by atoms with van der Waals surface area (Å²) in [5.41, 5.74) is 1.80. The number of fused-ring (bicyclic) bond motifs is 1. The quantitative estimate of drug-likeness (QED) is 0.758. The summed E-state index contributed by atoms with van der Waals surface area (Å²) in [5.74, 6) is 2.76. The van der Waals surface area contributed by atoms with E-state index in [9.17, 15) is 4.79 Å². The van der Waals surface area contributed by atoms with Crippen LogP contribution in [0.1, 0.15) is 29.9 Å². The van der Waals surface area contributed by atoms with Gasteiger partial charge in [0.1, 0.15) is 11.9 Å². The van der Waals surface area contributed by atoms with Gasteiger partial charge in [0.25, 0.3) is 0 Å². The lowest BCUT2D eigenvalue weighted by atomic mass is 10.1. The Bertz CT molecular complexity index is 884. The minimum Gasteiger partial charge on any atom is -0.474 e. The van der Waals surface area contributed by atoms with Crippen LogP contribution in [0, 0.1) is 13.8 Å². The van der Waals surface area contributed by atoms with Gasteiger partial charge in [-0.2, -0.15) is 4.98 Å². The number of hydrogen-bond acceptors (Lipinski definition) is 6. The zero-order chi connectivity index (χ0) is 19.5. The standard InChI is InChI=1S/C21H23N3O4/c1-14-11-20(23-15(2)22-14)28-17-7-9-24(10-8-17)21(25)6-4-16-3-5-18-19(12-16)27-13-26-18/h3-6,11-12,17H,7-10,13H2,1-2H3. The predicted molar refractivity (Wildman–Crippen MR) is 103 cm³/mol. The number of rotatable bonds is 4. The molecule has 28 heavy (non-hydrogen) atoms. The molecule has 4 rings (SSSR count). The lowest BCUT2D eigenvalue weighted by Crippen LogP contribution is -2.41. The van der Waals surface area contributed by atoms with Crippen LogP contribution in [0.15, 0.2) is 30.3 Å². The predicted octanol–water partition coefficient (Wildman–Crippen LogP) is 2.91. The van der Waals surface area contributed by atoms with Crippen molar-refractivity contribution in [1.82, 2.24) is 14.9 Å². The summed E-state index contributed by atoms with van der Waals surface area (Å²) < 4.78 is 16.6. The van der Waals surface area contributed by atoms with E-state index < -0.39 is 0 Å². The van der Waals surface area contributed by atoms with Crippen molar-refractivity contribution in [3.8, 4) is 17.4 Å². The maximum absolute atomic E-state index is 12.5. The molecule has 0 saturated carbocycles. The Morgan fingerprint density at radius 2 is 1.93 bits per heavy atom. The molecule has 7 heteroatoms. The van der Waals surface area contributed by atoms with Crippen molar-refractivity contribution in [2.75, 3.05) is 19.9 Å². The van der Waals surface area contributed by atoms with E-state index in [1.54, 1.807) is 12.2 Å². The first-order chi connectivity index (χ1) is 13.6. The summed E-state index contributed by atoms with van der Waals surface area (Å²) in [4.78, 5) is 22.9. The highest BCUT2D eigenvalue weighted by Gasteiger charge is 2.23. The number of benzene rings is 1. The van der Waals surface area contributed by atoms with E-state index in [-0.39, 0.29) is 18.8 Å². The molecule has 1 aromatic carbocycles. The van der Waals surface area contributed by atoms with Crippen molar-refractivity contribution in [2.24, 2.45) is 0 Å². The summed E-state index contributed by atoms with van der Waals surface area (Å²) in [6.07, 6.45) is 5.04. The van der Waals surface area contributed by atoms with Gasteiger partial charge in [-0.05, 0) is 37.6 Å². The number of aromatic nitrogens is 2. The molecule has 0 unspecified atom stereocenters. The van der Waals surface area contributed by atoms with E-state index in [0.717, 1.165) is 29.8 Å². The number of carbonyl (C=O) groups is 1. The van der Waals surface area contributed by atoms with E-state index >= 15 is 0 Å². The van der Waals surface area contributed by atoms with E-state index in [1.165, 1.54) is 0 Å². The Balaban J connectivity index is 1.30. The Morgan fingerprint density at radius 3 is 2.71 bits per heavy atom. The van der Waals surface area contributed by atoms with Crippen molar-refractivity contribution in [3.05, 3.63) is 47.4 Å². The van der Waals surface area contributed by atoms with Crippen LogP contribution >= 0.6 is 0 Å². The summed E-state index contributed by atoms with van der Waals surface area (Å²) >= 11 is 0. The number of ether oxygens (including phenoxy) is 3. The average Bonchev–Trinajstić information content (AvgIpc) is 3.14. The van der Waals surface area contributed by atoms with Crippen LogP contribution in [0.5, 0.6) is 17.4 Å². The minimum absolute atomic E-state index is 0.00448. The van der Waals surface area contributed by atoms with Crippen molar-refractivity contribution in [1.29, 1.82) is 0 Å². The van der Waals surface area contributed by atoms with Crippen molar-refractivity contribution in [2.45, 2.75) is 32.8 Å². The van der Waals surface area contributed by atoms with E-state index in [4.69, 9.17) is 14.2 Å². The average molecular weight is 381 g/mol. The molecular formula is C21H23N3O4. The van der Waals surface area contributed by atoms with Crippen LogP contribution in [0.2, 0.25) is 0 Å². The molecular weight excluding hydrogens is 358 g/mol. The van der Waals surface area contributed by atoms with Gasteiger partial charge >= 0.3 is 0 Å². The maximum atomic E-state index is 12.5. The fourth-order valence-electron chi connectivity index (χ4n) is 3.40. The van der Waals surface area contributed by atoms with Crippen molar-refractivity contribution >= 4 is 12.0 Å². The van der Waals surface area contributed by atoms with Crippen LogP contribution in [-0.4, -0.2) is 46.8 Å². The normalized spacial score (nSPS) is 16.6. The maximum Gasteiger partial charge on any atom is 0.246 e. The zero-order valence-electron chi connectivity index (χ0n) is 16.1. The fraction of sp³-hybridized carbons (Fsp3) is 0.381. The largest absolute Gasteiger partial charge is 0.474 e. The lowest BCUT2D eigenvalue weighted by Gasteiger charge is -2.31. The number of nitrogens with zero attached hydrogens (tertiary/aromatic N) is 3. The smallest absolute Gasteiger partial charge is 0.246 e. The van der Waals surface area contributed by atoms with Crippen LogP contribution < -0.4 is 14.2 Å². The molecule has 0 aliphatic carbocycles. The summed E-state index contributed by atoms with van der Waals surface area (Å²) in [7, 11) is 0. The molecule has 0 radical (unpaired) electrons. The highest BCUT2D eigenvalue weighted by molar-refractivity contribution is 5.92. The molecule has 1 aromatic heterocycles. The van der Waals surface area contributed by atoms with E-state index in [2.05, 4.69) is 9.97 Å². The molecule has 1 saturated heterocycles. The summed E-state index contributed by atoms with van der Waals surface area (Å²) in [6.45, 7) is 5.35. The molecule has 3 heterocycles. The number of amides is 1. The highest BCUT2D eigenvalue weighted by Crippen LogP contribution is 2.32. The Labute approximate surface area is 164 Å². The third kappa shape index (κ3) is 4.24. The molecule has 2 aromatic rings. The molecule has 1 fully saturated rings. The van der Waals surface area contributed by atoms with Crippen molar-refractivity contribution in [3.63, 3.8) is 0 Å². The summed E-state index contributed by atoms with van der Waals surface area (Å²) in [6, 6.07) is 7.48. The molecule has 146 valence electrons. The second-order valence-electron chi connectivity index (χ2n) is 6.98. The first-order valence-corrected chi connectivity index (χ1v) is 9.42. The third-order valence-corrected chi connectivity index (χ3v) is 4.80. The topological polar surface area (TPSA) is 73.8 Å². The van der Waals surface area contributed by atoms with Gasteiger partial charge in [-0.15, -0.1) is 0 Å². The third-order valence-electron chi connectivity index (χ3n) is 4.80. The molecule has 1 amide bonds. The zero-order valence-corrected chi connectivity index (χ0v) is 16.1. The number of carbonyl (C=O) groups excluding carboxylic acids is 1. The molecule has 0 atom stereocenters. The first kappa shape index (κ1) is 18.3. The van der Waals surface area contributed by atoms with Crippen LogP contribution in [0.4, 0.5) is 0 Å². The van der Waals surface area contributed by atoms with Crippen LogP contribution in [-0.2, 0) is 4.79 Å². The minimum atomic E-state index is 0.00448. The van der Waals surface area contributed by atoms with Gasteiger partial charge < -0.3 is 19.1 Å². The van der Waals surface area contributed by atoms with Gasteiger partial charge in [0.2, 0.25) is 18.6 Å². The molecule has 0 bridgehead atoms. The van der Waals surface area contributed by atoms with Gasteiger partial charge in [-0.1, -0.05) is 6.07 Å². The number of hydrogen-bond donors (Lipinski definition) is 0. The number of likely N-dealkylation sites (tertiary alicyclic amines) is 1. The lowest BCUT2D eigenvalue weighted by molar-refractivity contribution is -0.127. The van der Waals surface area contributed by atoms with Crippen LogP contribution in [0.25, 0.3) is 6.08 Å². The molecule has 0 spiro atoms. The van der Waals surface area contributed by atoms with Crippen molar-refractivity contribution < 1.29 is 19.0 Å². The van der Waals surface area contributed by atoms with Gasteiger partial charge in [0, 0.05) is 43.8 Å². The molecule has 7 nitrogen and oxygen atoms in total. The monoisotopic (exact) mass is 381 g/mol. The fourth-order valence-corrected chi connectivity index (χ4v) is 3.40. The number of aryl methyl sites for hydroxylation is 2. The second kappa shape index (κ2) is 7.88. The second-order valence-corrected chi connectivity index (χ2v) is 6.98. The van der Waals surface area contributed by atoms with E-state index in [0.29, 0.717) is 30.5 Å². The molecule has 2 aliphatic rings. The molecule has 0 N–H and O–H groups in total.